The standard InChI is InChI=1S/C26H23F3O.C5H8O/c27-26(28,29)30-20-12-9-17(10-13-20)15-19-16-25-21-6-2-1-5-18(21)11-14-24(25)23-8-4-3-7-22(19)23;1-2-4-6-5-3-1/h1-2,5-7,9-13,19H,3-4,8,14-16H2;1-2H,3-5H2. The first kappa shape index (κ1) is 24.6. The lowest BCUT2D eigenvalue weighted by Gasteiger charge is -2.36. The fraction of sp³-hybridized carbons (Fsp3) is 0.355. The summed E-state index contributed by atoms with van der Waals surface area (Å²) in [6, 6.07) is 15.0. The second kappa shape index (κ2) is 10.9. The summed E-state index contributed by atoms with van der Waals surface area (Å²) in [5.41, 5.74) is 6.98. The maximum Gasteiger partial charge on any atom is 0.573 e. The van der Waals surface area contributed by atoms with Crippen LogP contribution in [-0.4, -0.2) is 19.6 Å². The third-order valence-electron chi connectivity index (χ3n) is 7.22. The first-order valence-electron chi connectivity index (χ1n) is 12.8. The Bertz CT molecular complexity index is 1290. The van der Waals surface area contributed by atoms with E-state index in [0.717, 1.165) is 57.3 Å². The lowest BCUT2D eigenvalue weighted by molar-refractivity contribution is -0.274. The Morgan fingerprint density at radius 1 is 0.889 bits per heavy atom. The first-order chi connectivity index (χ1) is 17.5. The van der Waals surface area contributed by atoms with E-state index in [1.54, 1.807) is 12.1 Å². The van der Waals surface area contributed by atoms with Gasteiger partial charge in [-0.1, -0.05) is 60.7 Å². The normalized spacial score (nSPS) is 20.7. The zero-order valence-electron chi connectivity index (χ0n) is 20.3. The number of alkyl halides is 3. The van der Waals surface area contributed by atoms with Crippen molar-refractivity contribution in [1.29, 1.82) is 0 Å². The molecule has 0 radical (unpaired) electrons. The van der Waals surface area contributed by atoms with Crippen LogP contribution in [0.1, 0.15) is 44.1 Å². The largest absolute Gasteiger partial charge is 0.573 e. The average molecular weight is 493 g/mol. The first-order valence-corrected chi connectivity index (χ1v) is 12.8. The van der Waals surface area contributed by atoms with E-state index in [9.17, 15) is 13.2 Å². The molecule has 188 valence electrons. The van der Waals surface area contributed by atoms with Crippen LogP contribution in [-0.2, 0) is 11.2 Å². The van der Waals surface area contributed by atoms with Gasteiger partial charge in [0.05, 0.1) is 13.2 Å². The van der Waals surface area contributed by atoms with Crippen molar-refractivity contribution in [2.75, 3.05) is 13.2 Å². The zero-order chi connectivity index (χ0) is 25.0. The maximum atomic E-state index is 12.4. The number of fused-ring (bicyclic) bond motifs is 3. The Hall–Kier alpha value is -3.05. The van der Waals surface area contributed by atoms with Crippen molar-refractivity contribution in [1.82, 2.24) is 0 Å². The van der Waals surface area contributed by atoms with Crippen LogP contribution >= 0.6 is 0 Å². The molecule has 36 heavy (non-hydrogen) atoms. The molecule has 0 fully saturated rings. The molecule has 0 saturated carbocycles. The molecule has 6 rings (SSSR count). The molecule has 0 bridgehead atoms. The zero-order valence-corrected chi connectivity index (χ0v) is 20.3. The number of benzene rings is 2. The van der Waals surface area contributed by atoms with Crippen LogP contribution < -0.4 is 15.2 Å². The fourth-order valence-electron chi connectivity index (χ4n) is 5.67. The summed E-state index contributed by atoms with van der Waals surface area (Å²) in [6.45, 7) is 1.73. The second-order valence-corrected chi connectivity index (χ2v) is 9.61. The summed E-state index contributed by atoms with van der Waals surface area (Å²) in [5.74, 6) is 0.195. The molecule has 1 atom stereocenters. The Balaban J connectivity index is 0.000000391. The van der Waals surface area contributed by atoms with Gasteiger partial charge in [-0.05, 0) is 101 Å². The van der Waals surface area contributed by atoms with E-state index in [0.29, 0.717) is 5.92 Å². The van der Waals surface area contributed by atoms with Gasteiger partial charge in [-0.15, -0.1) is 13.2 Å². The van der Waals surface area contributed by atoms with E-state index in [1.165, 1.54) is 51.3 Å². The molecule has 2 nitrogen and oxygen atoms in total. The molecule has 5 heteroatoms. The van der Waals surface area contributed by atoms with E-state index in [4.69, 9.17) is 4.74 Å². The molecular formula is C31H31F3O2. The summed E-state index contributed by atoms with van der Waals surface area (Å²) in [5, 5.41) is 2.65. The molecule has 0 N–H and O–H groups in total. The second-order valence-electron chi connectivity index (χ2n) is 9.61. The van der Waals surface area contributed by atoms with Crippen LogP contribution in [0.5, 0.6) is 5.75 Å². The predicted octanol–water partition coefficient (Wildman–Crippen LogP) is 6.55. The minimum absolute atomic E-state index is 0.166. The van der Waals surface area contributed by atoms with Gasteiger partial charge in [0, 0.05) is 0 Å². The Morgan fingerprint density at radius 2 is 1.72 bits per heavy atom. The minimum Gasteiger partial charge on any atom is -0.406 e. The summed E-state index contributed by atoms with van der Waals surface area (Å²) >= 11 is 0. The van der Waals surface area contributed by atoms with Gasteiger partial charge >= 0.3 is 6.36 Å². The van der Waals surface area contributed by atoms with Crippen LogP contribution in [0, 0.1) is 5.92 Å². The Morgan fingerprint density at radius 3 is 2.42 bits per heavy atom. The van der Waals surface area contributed by atoms with Gasteiger partial charge in [-0.2, -0.15) is 0 Å². The number of ether oxygens (including phenoxy) is 2. The summed E-state index contributed by atoms with van der Waals surface area (Å²) in [6.07, 6.45) is 11.6. The van der Waals surface area contributed by atoms with Gasteiger partial charge in [0.2, 0.25) is 0 Å². The summed E-state index contributed by atoms with van der Waals surface area (Å²) in [7, 11) is 0. The van der Waals surface area contributed by atoms with Crippen molar-refractivity contribution in [3.05, 3.63) is 99.5 Å². The van der Waals surface area contributed by atoms with Gasteiger partial charge in [-0.3, -0.25) is 0 Å². The third-order valence-corrected chi connectivity index (χ3v) is 7.22. The highest BCUT2D eigenvalue weighted by Crippen LogP contribution is 2.45. The highest BCUT2D eigenvalue weighted by Gasteiger charge is 2.32. The van der Waals surface area contributed by atoms with Crippen molar-refractivity contribution < 1.29 is 22.6 Å². The average Bonchev–Trinajstić information content (AvgIpc) is 2.90. The topological polar surface area (TPSA) is 18.5 Å². The van der Waals surface area contributed by atoms with Crippen LogP contribution in [0.4, 0.5) is 13.2 Å². The van der Waals surface area contributed by atoms with Crippen LogP contribution in [0.3, 0.4) is 0 Å². The predicted molar refractivity (Wildman–Crippen MR) is 137 cm³/mol. The van der Waals surface area contributed by atoms with Gasteiger partial charge in [0.15, 0.2) is 0 Å². The maximum absolute atomic E-state index is 12.4. The number of hydrogen-bond acceptors (Lipinski definition) is 2. The monoisotopic (exact) mass is 492 g/mol. The lowest BCUT2D eigenvalue weighted by atomic mass is 9.69. The van der Waals surface area contributed by atoms with Crippen molar-refractivity contribution in [3.8, 4) is 5.75 Å². The Labute approximate surface area is 210 Å². The molecule has 0 saturated heterocycles. The summed E-state index contributed by atoms with van der Waals surface area (Å²) < 4.78 is 46.3. The van der Waals surface area contributed by atoms with Gasteiger partial charge in [-0.25, -0.2) is 0 Å². The van der Waals surface area contributed by atoms with E-state index in [2.05, 4.69) is 47.2 Å². The highest BCUT2D eigenvalue weighted by molar-refractivity contribution is 5.75. The molecule has 1 unspecified atom stereocenters. The smallest absolute Gasteiger partial charge is 0.406 e. The van der Waals surface area contributed by atoms with Gasteiger partial charge in [0.25, 0.3) is 0 Å². The van der Waals surface area contributed by atoms with E-state index in [1.807, 2.05) is 6.08 Å². The number of halogens is 3. The molecule has 3 aliphatic carbocycles. The minimum atomic E-state index is -4.66. The Kier molecular flexibility index (Phi) is 7.47. The fourth-order valence-corrected chi connectivity index (χ4v) is 5.67. The molecular weight excluding hydrogens is 461 g/mol. The molecule has 1 heterocycles. The van der Waals surface area contributed by atoms with Crippen LogP contribution in [0.25, 0.3) is 11.6 Å². The molecule has 0 spiro atoms. The summed E-state index contributed by atoms with van der Waals surface area (Å²) in [4.78, 5) is 0. The highest BCUT2D eigenvalue weighted by atomic mass is 19.4. The van der Waals surface area contributed by atoms with Crippen LogP contribution in [0.2, 0.25) is 0 Å². The number of hydrogen-bond donors (Lipinski definition) is 0. The van der Waals surface area contributed by atoms with Crippen molar-refractivity contribution in [2.24, 2.45) is 5.92 Å². The van der Waals surface area contributed by atoms with E-state index in [-0.39, 0.29) is 5.75 Å². The van der Waals surface area contributed by atoms with Crippen molar-refractivity contribution >= 4 is 11.6 Å². The third kappa shape index (κ3) is 5.84. The van der Waals surface area contributed by atoms with Gasteiger partial charge in [0.1, 0.15) is 5.75 Å². The number of rotatable bonds is 3. The van der Waals surface area contributed by atoms with Gasteiger partial charge < -0.3 is 9.47 Å². The van der Waals surface area contributed by atoms with Crippen molar-refractivity contribution in [3.63, 3.8) is 0 Å². The molecule has 1 aliphatic heterocycles. The number of allylic oxidation sites excluding steroid dienone is 4. The molecule has 4 aliphatic rings. The molecule has 2 aromatic rings. The molecule has 2 aromatic carbocycles. The molecule has 0 amide bonds. The van der Waals surface area contributed by atoms with E-state index < -0.39 is 6.36 Å². The van der Waals surface area contributed by atoms with Crippen molar-refractivity contribution in [2.45, 2.75) is 51.3 Å². The SMILES string of the molecule is C1=CCOCC1.FC(F)(F)Oc1ccc(CC2CC3=c4ccccc4=CCC3=C3CCCC=C32)cc1. The lowest BCUT2D eigenvalue weighted by Crippen LogP contribution is -2.33. The molecule has 0 aromatic heterocycles. The quantitative estimate of drug-likeness (QED) is 0.452. The van der Waals surface area contributed by atoms with E-state index >= 15 is 0 Å². The van der Waals surface area contributed by atoms with Crippen LogP contribution in [0.15, 0.2) is 83.5 Å².